The Morgan fingerprint density at radius 3 is 3.00 bits per heavy atom. The van der Waals surface area contributed by atoms with Crippen molar-refractivity contribution < 1.29 is 4.79 Å². The average molecular weight is 360 g/mol. The van der Waals surface area contributed by atoms with Gasteiger partial charge in [0.1, 0.15) is 5.56 Å². The molecular formula is C16H16N4O2S2. The standard InChI is InChI=1S/C16H16N4O2S2/c1-9-8-23-16-17-7-10(14(22)20(9)16)13(21)19-15-18-11-5-3-2-4-6-12(11)24-15/h7-8H,2-6H2,1H3,(H,18,19,21). The molecule has 8 heteroatoms. The quantitative estimate of drug-likeness (QED) is 0.713. The predicted octanol–water partition coefficient (Wildman–Crippen LogP) is 3.04. The van der Waals surface area contributed by atoms with E-state index in [9.17, 15) is 9.59 Å². The molecule has 124 valence electrons. The number of hydrogen-bond donors (Lipinski definition) is 1. The van der Waals surface area contributed by atoms with Crippen LogP contribution >= 0.6 is 22.7 Å². The first-order valence-electron chi connectivity index (χ1n) is 7.89. The molecule has 3 heterocycles. The predicted molar refractivity (Wildman–Crippen MR) is 95.4 cm³/mol. The molecule has 4 rings (SSSR count). The first-order valence-corrected chi connectivity index (χ1v) is 9.59. The highest BCUT2D eigenvalue weighted by atomic mass is 32.1. The first-order chi connectivity index (χ1) is 11.6. The molecule has 0 radical (unpaired) electrons. The number of aryl methyl sites for hydroxylation is 3. The van der Waals surface area contributed by atoms with E-state index >= 15 is 0 Å². The summed E-state index contributed by atoms with van der Waals surface area (Å²) in [7, 11) is 0. The summed E-state index contributed by atoms with van der Waals surface area (Å²) < 4.78 is 1.47. The zero-order valence-electron chi connectivity index (χ0n) is 13.2. The van der Waals surface area contributed by atoms with Crippen LogP contribution in [0.1, 0.15) is 45.9 Å². The fourth-order valence-corrected chi connectivity index (χ4v) is 4.80. The van der Waals surface area contributed by atoms with Gasteiger partial charge in [-0.05, 0) is 32.6 Å². The molecular weight excluding hydrogens is 344 g/mol. The second kappa shape index (κ2) is 6.10. The van der Waals surface area contributed by atoms with Crippen molar-refractivity contribution in [2.24, 2.45) is 0 Å². The lowest BCUT2D eigenvalue weighted by molar-refractivity contribution is 0.102. The van der Waals surface area contributed by atoms with E-state index in [0.717, 1.165) is 30.7 Å². The van der Waals surface area contributed by atoms with Crippen molar-refractivity contribution in [2.75, 3.05) is 5.32 Å². The van der Waals surface area contributed by atoms with Gasteiger partial charge in [0.2, 0.25) is 0 Å². The molecule has 0 atom stereocenters. The van der Waals surface area contributed by atoms with Gasteiger partial charge in [-0.25, -0.2) is 9.97 Å². The third-order valence-electron chi connectivity index (χ3n) is 4.18. The highest BCUT2D eigenvalue weighted by Gasteiger charge is 2.19. The zero-order valence-corrected chi connectivity index (χ0v) is 14.8. The van der Waals surface area contributed by atoms with Gasteiger partial charge in [0.25, 0.3) is 11.5 Å². The highest BCUT2D eigenvalue weighted by molar-refractivity contribution is 7.16. The van der Waals surface area contributed by atoms with Crippen LogP contribution in [0.15, 0.2) is 16.4 Å². The lowest BCUT2D eigenvalue weighted by atomic mass is 10.2. The van der Waals surface area contributed by atoms with Crippen molar-refractivity contribution in [3.05, 3.63) is 43.8 Å². The van der Waals surface area contributed by atoms with Crippen LogP contribution < -0.4 is 10.9 Å². The summed E-state index contributed by atoms with van der Waals surface area (Å²) in [5, 5.41) is 5.19. The summed E-state index contributed by atoms with van der Waals surface area (Å²) >= 11 is 2.90. The Labute approximate surface area is 146 Å². The number of carbonyl (C=O) groups excluding carboxylic acids is 1. The van der Waals surface area contributed by atoms with Crippen LogP contribution in [0.2, 0.25) is 0 Å². The van der Waals surface area contributed by atoms with Gasteiger partial charge in [0.15, 0.2) is 10.1 Å². The van der Waals surface area contributed by atoms with E-state index in [-0.39, 0.29) is 11.1 Å². The van der Waals surface area contributed by atoms with E-state index in [1.807, 2.05) is 12.3 Å². The molecule has 0 saturated heterocycles. The largest absolute Gasteiger partial charge is 0.298 e. The lowest BCUT2D eigenvalue weighted by Crippen LogP contribution is -2.26. The van der Waals surface area contributed by atoms with Crippen molar-refractivity contribution >= 4 is 38.7 Å². The van der Waals surface area contributed by atoms with Crippen LogP contribution in [0.5, 0.6) is 0 Å². The van der Waals surface area contributed by atoms with Crippen LogP contribution in [-0.4, -0.2) is 20.3 Å². The maximum Gasteiger partial charge on any atom is 0.271 e. The van der Waals surface area contributed by atoms with Crippen molar-refractivity contribution in [3.8, 4) is 0 Å². The number of fused-ring (bicyclic) bond motifs is 2. The molecule has 0 saturated carbocycles. The van der Waals surface area contributed by atoms with Crippen molar-refractivity contribution in [2.45, 2.75) is 39.0 Å². The molecule has 0 aromatic carbocycles. The van der Waals surface area contributed by atoms with Crippen LogP contribution in [0.25, 0.3) is 4.96 Å². The van der Waals surface area contributed by atoms with Gasteiger partial charge in [-0.1, -0.05) is 6.42 Å². The molecule has 1 aliphatic carbocycles. The summed E-state index contributed by atoms with van der Waals surface area (Å²) in [5.41, 5.74) is 1.57. The Morgan fingerprint density at radius 2 is 2.12 bits per heavy atom. The minimum atomic E-state index is -0.448. The number of anilines is 1. The third-order valence-corrected chi connectivity index (χ3v) is 6.21. The van der Waals surface area contributed by atoms with E-state index < -0.39 is 5.91 Å². The van der Waals surface area contributed by atoms with Gasteiger partial charge in [-0.2, -0.15) is 0 Å². The van der Waals surface area contributed by atoms with E-state index in [1.165, 1.54) is 51.0 Å². The zero-order chi connectivity index (χ0) is 16.7. The molecule has 1 amide bonds. The first kappa shape index (κ1) is 15.5. The summed E-state index contributed by atoms with van der Waals surface area (Å²) in [6, 6.07) is 0. The van der Waals surface area contributed by atoms with Gasteiger partial charge in [-0.15, -0.1) is 22.7 Å². The second-order valence-corrected chi connectivity index (χ2v) is 7.80. The summed E-state index contributed by atoms with van der Waals surface area (Å²) in [5.74, 6) is -0.448. The average Bonchev–Trinajstić information content (AvgIpc) is 3.05. The number of rotatable bonds is 2. The second-order valence-electron chi connectivity index (χ2n) is 5.88. The maximum absolute atomic E-state index is 12.5. The van der Waals surface area contributed by atoms with Crippen molar-refractivity contribution in [1.82, 2.24) is 14.4 Å². The van der Waals surface area contributed by atoms with Crippen LogP contribution in [0.4, 0.5) is 5.13 Å². The number of nitrogens with one attached hydrogen (secondary N) is 1. The van der Waals surface area contributed by atoms with Gasteiger partial charge < -0.3 is 0 Å². The third kappa shape index (κ3) is 2.65. The fraction of sp³-hybridized carbons (Fsp3) is 0.375. The van der Waals surface area contributed by atoms with Crippen LogP contribution in [-0.2, 0) is 12.8 Å². The Bertz CT molecular complexity index is 962. The molecule has 1 N–H and O–H groups in total. The number of carbonyl (C=O) groups is 1. The molecule has 3 aromatic heterocycles. The minimum Gasteiger partial charge on any atom is -0.298 e. The normalized spacial score (nSPS) is 14.4. The van der Waals surface area contributed by atoms with Crippen LogP contribution in [0, 0.1) is 6.92 Å². The Morgan fingerprint density at radius 1 is 1.29 bits per heavy atom. The van der Waals surface area contributed by atoms with Crippen molar-refractivity contribution in [3.63, 3.8) is 0 Å². The van der Waals surface area contributed by atoms with Crippen LogP contribution in [0.3, 0.4) is 0 Å². The molecule has 0 aliphatic heterocycles. The van der Waals surface area contributed by atoms with Gasteiger partial charge in [-0.3, -0.25) is 19.3 Å². The van der Waals surface area contributed by atoms with E-state index in [0.29, 0.717) is 10.1 Å². The molecule has 0 bridgehead atoms. The number of hydrogen-bond acceptors (Lipinski definition) is 6. The van der Waals surface area contributed by atoms with E-state index in [1.54, 1.807) is 0 Å². The Hall–Kier alpha value is -2.06. The summed E-state index contributed by atoms with van der Waals surface area (Å²) in [6.45, 7) is 1.83. The molecule has 6 nitrogen and oxygen atoms in total. The number of amides is 1. The SMILES string of the molecule is Cc1csc2ncc(C(=O)Nc3nc4c(s3)CCCCC4)c(=O)n12. The molecule has 0 spiro atoms. The fourth-order valence-electron chi connectivity index (χ4n) is 2.93. The number of nitrogens with zero attached hydrogens (tertiary/aromatic N) is 3. The maximum atomic E-state index is 12.5. The lowest BCUT2D eigenvalue weighted by Gasteiger charge is -2.02. The molecule has 24 heavy (non-hydrogen) atoms. The number of aromatic nitrogens is 3. The van der Waals surface area contributed by atoms with Gasteiger partial charge in [0, 0.05) is 22.1 Å². The Balaban J connectivity index is 1.64. The molecule has 1 aliphatic rings. The topological polar surface area (TPSA) is 76.4 Å². The highest BCUT2D eigenvalue weighted by Crippen LogP contribution is 2.29. The van der Waals surface area contributed by atoms with Gasteiger partial charge in [0.05, 0.1) is 5.69 Å². The molecule has 0 unspecified atom stereocenters. The smallest absolute Gasteiger partial charge is 0.271 e. The number of thiazole rings is 2. The van der Waals surface area contributed by atoms with E-state index in [2.05, 4.69) is 15.3 Å². The summed E-state index contributed by atoms with van der Waals surface area (Å²) in [6.07, 6.45) is 6.87. The van der Waals surface area contributed by atoms with Gasteiger partial charge >= 0.3 is 0 Å². The van der Waals surface area contributed by atoms with Crippen molar-refractivity contribution in [1.29, 1.82) is 0 Å². The summed E-state index contributed by atoms with van der Waals surface area (Å²) in [4.78, 5) is 35.6. The monoisotopic (exact) mass is 360 g/mol. The molecule has 0 fully saturated rings. The van der Waals surface area contributed by atoms with E-state index in [4.69, 9.17) is 0 Å². The minimum absolute atomic E-state index is 0.0411. The molecule has 3 aromatic rings. The Kier molecular flexibility index (Phi) is 3.93.